The van der Waals surface area contributed by atoms with Crippen LogP contribution in [0.3, 0.4) is 0 Å². The van der Waals surface area contributed by atoms with Gasteiger partial charge in [-0.1, -0.05) is 20.3 Å². The molecule has 1 unspecified atom stereocenters. The molecule has 0 aliphatic heterocycles. The highest BCUT2D eigenvalue weighted by Gasteiger charge is 2.25. The molecule has 108 valence electrons. The summed E-state index contributed by atoms with van der Waals surface area (Å²) in [4.78, 5) is 14.4. The maximum Gasteiger partial charge on any atom is 0.237 e. The average molecular weight is 257 g/mol. The van der Waals surface area contributed by atoms with Gasteiger partial charge in [0.2, 0.25) is 5.91 Å². The predicted molar refractivity (Wildman–Crippen MR) is 77.5 cm³/mol. The van der Waals surface area contributed by atoms with E-state index in [0.29, 0.717) is 6.54 Å². The predicted octanol–water partition coefficient (Wildman–Crippen LogP) is 1.74. The molecule has 4 nitrogen and oxygen atoms in total. The van der Waals surface area contributed by atoms with E-state index in [4.69, 9.17) is 5.73 Å². The van der Waals surface area contributed by atoms with Crippen molar-refractivity contribution in [3.63, 3.8) is 0 Å². The quantitative estimate of drug-likeness (QED) is 0.661. The number of nitrogens with two attached hydrogens (primary N) is 1. The zero-order chi connectivity index (χ0) is 14.2. The molecule has 18 heavy (non-hydrogen) atoms. The van der Waals surface area contributed by atoms with Gasteiger partial charge in [0.25, 0.3) is 0 Å². The second kappa shape index (κ2) is 8.48. The van der Waals surface area contributed by atoms with Gasteiger partial charge in [0, 0.05) is 18.6 Å². The Bertz CT molecular complexity index is 241. The van der Waals surface area contributed by atoms with Gasteiger partial charge >= 0.3 is 0 Å². The van der Waals surface area contributed by atoms with Gasteiger partial charge in [-0.05, 0) is 40.2 Å². The van der Waals surface area contributed by atoms with Crippen molar-refractivity contribution >= 4 is 5.91 Å². The van der Waals surface area contributed by atoms with E-state index in [1.54, 1.807) is 0 Å². The summed E-state index contributed by atoms with van der Waals surface area (Å²) in [7, 11) is 0. The highest BCUT2D eigenvalue weighted by molar-refractivity contribution is 5.82. The molecule has 0 aliphatic carbocycles. The number of unbranched alkanes of at least 4 members (excludes halogenated alkanes) is 1. The summed E-state index contributed by atoms with van der Waals surface area (Å²) >= 11 is 0. The molecule has 3 N–H and O–H groups in total. The molecule has 0 fully saturated rings. The Labute approximate surface area is 112 Å². The number of amides is 1. The normalized spacial score (nSPS) is 13.7. The molecule has 0 radical (unpaired) electrons. The fraction of sp³-hybridized carbons (Fsp3) is 0.929. The largest absolute Gasteiger partial charge is 0.350 e. The lowest BCUT2D eigenvalue weighted by Gasteiger charge is -2.32. The first-order valence-corrected chi connectivity index (χ1v) is 7.14. The molecule has 0 bridgehead atoms. The van der Waals surface area contributed by atoms with Crippen LogP contribution in [0.25, 0.3) is 0 Å². The number of hydrogen-bond acceptors (Lipinski definition) is 3. The molecular formula is C14H31N3O. The number of nitrogens with zero attached hydrogens (tertiary/aromatic N) is 1. The molecule has 0 rings (SSSR count). The molecule has 0 heterocycles. The van der Waals surface area contributed by atoms with Crippen molar-refractivity contribution in [2.24, 2.45) is 5.73 Å². The van der Waals surface area contributed by atoms with Crippen molar-refractivity contribution in [3.8, 4) is 0 Å². The zero-order valence-corrected chi connectivity index (χ0v) is 12.8. The molecule has 0 saturated heterocycles. The van der Waals surface area contributed by atoms with E-state index in [-0.39, 0.29) is 17.5 Å². The van der Waals surface area contributed by atoms with Crippen molar-refractivity contribution in [2.75, 3.05) is 19.6 Å². The van der Waals surface area contributed by atoms with E-state index in [2.05, 4.69) is 37.9 Å². The van der Waals surface area contributed by atoms with E-state index >= 15 is 0 Å². The van der Waals surface area contributed by atoms with Crippen LogP contribution in [0.5, 0.6) is 0 Å². The van der Waals surface area contributed by atoms with Crippen LogP contribution >= 0.6 is 0 Å². The average Bonchev–Trinajstić information content (AvgIpc) is 2.33. The SMILES string of the molecule is CCCCN(CCN)C(C)C(=O)NC(C)(C)CC. The lowest BCUT2D eigenvalue weighted by Crippen LogP contribution is -2.52. The fourth-order valence-electron chi connectivity index (χ4n) is 1.72. The Morgan fingerprint density at radius 3 is 2.39 bits per heavy atom. The summed E-state index contributed by atoms with van der Waals surface area (Å²) in [5.74, 6) is 0.103. The number of carbonyl (C=O) groups excluding carboxylic acids is 1. The van der Waals surface area contributed by atoms with Crippen LogP contribution in [0, 0.1) is 0 Å². The van der Waals surface area contributed by atoms with Crippen LogP contribution in [-0.2, 0) is 4.79 Å². The summed E-state index contributed by atoms with van der Waals surface area (Å²) < 4.78 is 0. The second-order valence-corrected chi connectivity index (χ2v) is 5.58. The smallest absolute Gasteiger partial charge is 0.237 e. The van der Waals surface area contributed by atoms with Gasteiger partial charge in [0.1, 0.15) is 0 Å². The molecule has 4 heteroatoms. The fourth-order valence-corrected chi connectivity index (χ4v) is 1.72. The summed E-state index contributed by atoms with van der Waals surface area (Å²) in [5, 5.41) is 3.10. The minimum atomic E-state index is -0.134. The Morgan fingerprint density at radius 1 is 1.33 bits per heavy atom. The third-order valence-corrected chi connectivity index (χ3v) is 3.49. The molecule has 1 amide bonds. The Kier molecular flexibility index (Phi) is 8.20. The van der Waals surface area contributed by atoms with Crippen LogP contribution in [0.15, 0.2) is 0 Å². The van der Waals surface area contributed by atoms with Crippen LogP contribution in [0.4, 0.5) is 0 Å². The maximum atomic E-state index is 12.2. The van der Waals surface area contributed by atoms with Crippen molar-refractivity contribution in [2.45, 2.75) is 65.5 Å². The van der Waals surface area contributed by atoms with E-state index in [1.807, 2.05) is 6.92 Å². The number of rotatable bonds is 9. The van der Waals surface area contributed by atoms with Gasteiger partial charge in [-0.15, -0.1) is 0 Å². The topological polar surface area (TPSA) is 58.4 Å². The van der Waals surface area contributed by atoms with Gasteiger partial charge in [0.15, 0.2) is 0 Å². The number of nitrogens with one attached hydrogen (secondary N) is 1. The minimum absolute atomic E-state index is 0.103. The van der Waals surface area contributed by atoms with E-state index < -0.39 is 0 Å². The maximum absolute atomic E-state index is 12.2. The van der Waals surface area contributed by atoms with E-state index in [9.17, 15) is 4.79 Å². The minimum Gasteiger partial charge on any atom is -0.350 e. The lowest BCUT2D eigenvalue weighted by atomic mass is 10.0. The number of hydrogen-bond donors (Lipinski definition) is 2. The van der Waals surface area contributed by atoms with E-state index in [0.717, 1.165) is 32.4 Å². The first kappa shape index (κ1) is 17.4. The molecule has 1 atom stereocenters. The summed E-state index contributed by atoms with van der Waals surface area (Å²) in [6, 6.07) is -0.106. The third-order valence-electron chi connectivity index (χ3n) is 3.49. The molecular weight excluding hydrogens is 226 g/mol. The highest BCUT2D eigenvalue weighted by Crippen LogP contribution is 2.09. The lowest BCUT2D eigenvalue weighted by molar-refractivity contribution is -0.127. The van der Waals surface area contributed by atoms with Crippen LogP contribution < -0.4 is 11.1 Å². The Hall–Kier alpha value is -0.610. The van der Waals surface area contributed by atoms with Gasteiger partial charge in [0.05, 0.1) is 6.04 Å². The molecule has 0 aromatic rings. The molecule has 0 spiro atoms. The van der Waals surface area contributed by atoms with Crippen molar-refractivity contribution in [1.29, 1.82) is 0 Å². The summed E-state index contributed by atoms with van der Waals surface area (Å²) in [5.41, 5.74) is 5.48. The van der Waals surface area contributed by atoms with Crippen molar-refractivity contribution in [3.05, 3.63) is 0 Å². The van der Waals surface area contributed by atoms with Crippen LogP contribution in [0.2, 0.25) is 0 Å². The van der Waals surface area contributed by atoms with Gasteiger partial charge in [-0.2, -0.15) is 0 Å². The first-order valence-electron chi connectivity index (χ1n) is 7.14. The van der Waals surface area contributed by atoms with Crippen LogP contribution in [0.1, 0.15) is 53.9 Å². The molecule has 0 aromatic heterocycles. The van der Waals surface area contributed by atoms with Gasteiger partial charge in [-0.3, -0.25) is 9.69 Å². The molecule has 0 aromatic carbocycles. The standard InChI is InChI=1S/C14H31N3O/c1-6-8-10-17(11-9-15)12(3)13(18)16-14(4,5)7-2/h12H,6-11,15H2,1-5H3,(H,16,18). The third kappa shape index (κ3) is 6.36. The first-order chi connectivity index (χ1) is 8.37. The van der Waals surface area contributed by atoms with Crippen molar-refractivity contribution < 1.29 is 4.79 Å². The monoisotopic (exact) mass is 257 g/mol. The number of carbonyl (C=O) groups is 1. The molecule has 0 aliphatic rings. The van der Waals surface area contributed by atoms with E-state index in [1.165, 1.54) is 0 Å². The van der Waals surface area contributed by atoms with Gasteiger partial charge in [-0.25, -0.2) is 0 Å². The van der Waals surface area contributed by atoms with Crippen molar-refractivity contribution in [1.82, 2.24) is 10.2 Å². The van der Waals surface area contributed by atoms with Gasteiger partial charge < -0.3 is 11.1 Å². The summed E-state index contributed by atoms with van der Waals surface area (Å²) in [6.45, 7) is 12.6. The highest BCUT2D eigenvalue weighted by atomic mass is 16.2. The zero-order valence-electron chi connectivity index (χ0n) is 12.8. The Balaban J connectivity index is 4.45. The van der Waals surface area contributed by atoms with Crippen LogP contribution in [-0.4, -0.2) is 42.0 Å². The second-order valence-electron chi connectivity index (χ2n) is 5.58. The summed E-state index contributed by atoms with van der Waals surface area (Å²) in [6.07, 6.45) is 3.17. The molecule has 0 saturated carbocycles. The Morgan fingerprint density at radius 2 is 1.94 bits per heavy atom.